The third-order valence-electron chi connectivity index (χ3n) is 4.80. The normalized spacial score (nSPS) is 10.5. The van der Waals surface area contributed by atoms with Crippen LogP contribution in [0, 0.1) is 13.8 Å². The van der Waals surface area contributed by atoms with Gasteiger partial charge in [0.25, 0.3) is 0 Å². The number of nitrogens with zero attached hydrogens (tertiary/aromatic N) is 3. The van der Waals surface area contributed by atoms with Crippen molar-refractivity contribution in [1.82, 2.24) is 15.0 Å². The first-order chi connectivity index (χ1) is 15.4. The molecule has 1 aromatic heterocycles. The van der Waals surface area contributed by atoms with Crippen LogP contribution >= 0.6 is 0 Å². The van der Waals surface area contributed by atoms with Gasteiger partial charge in [-0.05, 0) is 69.3 Å². The minimum Gasteiger partial charge on any atom is -0.324 e. The lowest BCUT2D eigenvalue weighted by atomic mass is 10.1. The smallest absolute Gasteiger partial charge is 0.233 e. The van der Waals surface area contributed by atoms with Gasteiger partial charge in [0.05, 0.1) is 0 Å². The third-order valence-corrected chi connectivity index (χ3v) is 4.80. The Balaban J connectivity index is 1.63. The van der Waals surface area contributed by atoms with Crippen LogP contribution < -0.4 is 16.0 Å². The molecule has 0 bridgehead atoms. The largest absolute Gasteiger partial charge is 0.324 e. The van der Waals surface area contributed by atoms with Gasteiger partial charge in [0.2, 0.25) is 17.8 Å². The summed E-state index contributed by atoms with van der Waals surface area (Å²) in [4.78, 5) is 25.1. The molecule has 7 nitrogen and oxygen atoms in total. The molecule has 160 valence electrons. The lowest BCUT2D eigenvalue weighted by molar-refractivity contribution is 0.101. The molecule has 0 radical (unpaired) electrons. The van der Waals surface area contributed by atoms with Crippen LogP contribution in [0.5, 0.6) is 0 Å². The number of nitrogens with one attached hydrogen (secondary N) is 3. The van der Waals surface area contributed by atoms with Gasteiger partial charge in [0.15, 0.2) is 5.78 Å². The maximum atomic E-state index is 11.5. The average Bonchev–Trinajstić information content (AvgIpc) is 2.77. The van der Waals surface area contributed by atoms with Crippen LogP contribution in [-0.2, 0) is 0 Å². The number of anilines is 6. The van der Waals surface area contributed by atoms with Crippen molar-refractivity contribution in [1.29, 1.82) is 0 Å². The molecule has 7 heteroatoms. The standard InChI is InChI=1S/C25H24N6O/c1-16-4-10-20(11-5-16)26-23-29-24(27-21-12-6-17(2)7-13-21)31-25(30-23)28-22-14-8-19(9-15-22)18(3)32/h4-15H,1-3H3,(H3,26,27,28,29,30,31). The Bertz CT molecular complexity index is 1150. The second-order valence-electron chi connectivity index (χ2n) is 7.55. The fourth-order valence-electron chi connectivity index (χ4n) is 2.99. The van der Waals surface area contributed by atoms with E-state index in [4.69, 9.17) is 0 Å². The number of rotatable bonds is 7. The van der Waals surface area contributed by atoms with E-state index < -0.39 is 0 Å². The first kappa shape index (κ1) is 21.0. The van der Waals surface area contributed by atoms with Gasteiger partial charge in [-0.25, -0.2) is 0 Å². The summed E-state index contributed by atoms with van der Waals surface area (Å²) in [5.74, 6) is 1.20. The zero-order valence-electron chi connectivity index (χ0n) is 18.2. The Hall–Kier alpha value is -4.26. The summed E-state index contributed by atoms with van der Waals surface area (Å²) in [6.07, 6.45) is 0. The molecule has 4 rings (SSSR count). The van der Waals surface area contributed by atoms with Crippen molar-refractivity contribution in [3.05, 3.63) is 89.5 Å². The van der Waals surface area contributed by atoms with Crippen LogP contribution in [0.25, 0.3) is 0 Å². The van der Waals surface area contributed by atoms with E-state index in [2.05, 4.69) is 30.9 Å². The number of hydrogen-bond donors (Lipinski definition) is 3. The van der Waals surface area contributed by atoms with Crippen molar-refractivity contribution < 1.29 is 4.79 Å². The van der Waals surface area contributed by atoms with Crippen LogP contribution in [0.2, 0.25) is 0 Å². The summed E-state index contributed by atoms with van der Waals surface area (Å²) >= 11 is 0. The monoisotopic (exact) mass is 424 g/mol. The van der Waals surface area contributed by atoms with E-state index in [1.165, 1.54) is 11.1 Å². The van der Waals surface area contributed by atoms with Crippen molar-refractivity contribution in [2.24, 2.45) is 0 Å². The summed E-state index contributed by atoms with van der Waals surface area (Å²) in [7, 11) is 0. The van der Waals surface area contributed by atoms with Gasteiger partial charge in [0.1, 0.15) is 0 Å². The van der Waals surface area contributed by atoms with Gasteiger partial charge < -0.3 is 16.0 Å². The van der Waals surface area contributed by atoms with E-state index in [1.54, 1.807) is 19.1 Å². The van der Waals surface area contributed by atoms with E-state index in [1.807, 2.05) is 74.5 Å². The predicted octanol–water partition coefficient (Wildman–Crippen LogP) is 5.92. The molecule has 32 heavy (non-hydrogen) atoms. The molecule has 0 amide bonds. The Morgan fingerprint density at radius 1 is 0.562 bits per heavy atom. The number of ketones is 1. The molecule has 0 atom stereocenters. The molecule has 0 unspecified atom stereocenters. The summed E-state index contributed by atoms with van der Waals surface area (Å²) in [6, 6.07) is 23.1. The molecule has 3 N–H and O–H groups in total. The molecule has 4 aromatic rings. The van der Waals surface area contributed by atoms with Gasteiger partial charge in [-0.3, -0.25) is 4.79 Å². The first-order valence-electron chi connectivity index (χ1n) is 10.3. The Morgan fingerprint density at radius 3 is 1.19 bits per heavy atom. The number of aryl methyl sites for hydroxylation is 2. The van der Waals surface area contributed by atoms with E-state index in [0.29, 0.717) is 23.4 Å². The molecule has 1 heterocycles. The Labute approximate surface area is 187 Å². The van der Waals surface area contributed by atoms with Crippen molar-refractivity contribution in [3.63, 3.8) is 0 Å². The van der Waals surface area contributed by atoms with Crippen molar-refractivity contribution in [2.75, 3.05) is 16.0 Å². The maximum Gasteiger partial charge on any atom is 0.233 e. The topological polar surface area (TPSA) is 91.8 Å². The molecule has 0 saturated carbocycles. The average molecular weight is 425 g/mol. The molecule has 0 aliphatic rings. The van der Waals surface area contributed by atoms with E-state index >= 15 is 0 Å². The lowest BCUT2D eigenvalue weighted by Gasteiger charge is -2.12. The van der Waals surface area contributed by atoms with Crippen LogP contribution in [0.1, 0.15) is 28.4 Å². The SMILES string of the molecule is CC(=O)c1ccc(Nc2nc(Nc3ccc(C)cc3)nc(Nc3ccc(C)cc3)n2)cc1. The van der Waals surface area contributed by atoms with E-state index in [-0.39, 0.29) is 5.78 Å². The minimum absolute atomic E-state index is 0.0193. The van der Waals surface area contributed by atoms with Crippen LogP contribution in [0.4, 0.5) is 34.9 Å². The van der Waals surface area contributed by atoms with E-state index in [0.717, 1.165) is 17.1 Å². The number of carbonyl (C=O) groups excluding carboxylic acids is 1. The summed E-state index contributed by atoms with van der Waals surface area (Å²) in [5, 5.41) is 9.65. The zero-order valence-corrected chi connectivity index (χ0v) is 18.2. The second-order valence-corrected chi connectivity index (χ2v) is 7.55. The van der Waals surface area contributed by atoms with Crippen LogP contribution in [-0.4, -0.2) is 20.7 Å². The van der Waals surface area contributed by atoms with Crippen molar-refractivity contribution in [2.45, 2.75) is 20.8 Å². The highest BCUT2D eigenvalue weighted by molar-refractivity contribution is 5.94. The number of aromatic nitrogens is 3. The van der Waals surface area contributed by atoms with Gasteiger partial charge in [-0.2, -0.15) is 15.0 Å². The minimum atomic E-state index is 0.0193. The highest BCUT2D eigenvalue weighted by Crippen LogP contribution is 2.21. The summed E-state index contributed by atoms with van der Waals surface area (Å²) < 4.78 is 0. The Morgan fingerprint density at radius 2 is 0.875 bits per heavy atom. The van der Waals surface area contributed by atoms with Gasteiger partial charge in [-0.15, -0.1) is 0 Å². The molecule has 3 aromatic carbocycles. The summed E-state index contributed by atoms with van der Waals surface area (Å²) in [6.45, 7) is 5.62. The first-order valence-corrected chi connectivity index (χ1v) is 10.3. The number of carbonyl (C=O) groups is 1. The molecule has 0 fully saturated rings. The Kier molecular flexibility index (Phi) is 6.07. The molecule has 0 saturated heterocycles. The van der Waals surface area contributed by atoms with Crippen LogP contribution in [0.3, 0.4) is 0 Å². The fraction of sp³-hybridized carbons (Fsp3) is 0.120. The van der Waals surface area contributed by atoms with Gasteiger partial charge >= 0.3 is 0 Å². The highest BCUT2D eigenvalue weighted by Gasteiger charge is 2.09. The van der Waals surface area contributed by atoms with Crippen molar-refractivity contribution in [3.8, 4) is 0 Å². The molecule has 0 aliphatic heterocycles. The van der Waals surface area contributed by atoms with E-state index in [9.17, 15) is 4.79 Å². The molecule has 0 aliphatic carbocycles. The predicted molar refractivity (Wildman–Crippen MR) is 128 cm³/mol. The number of benzene rings is 3. The van der Waals surface area contributed by atoms with Crippen LogP contribution in [0.15, 0.2) is 72.8 Å². The zero-order chi connectivity index (χ0) is 22.5. The molecule has 0 spiro atoms. The number of hydrogen-bond acceptors (Lipinski definition) is 7. The second kappa shape index (κ2) is 9.26. The molecular formula is C25H24N6O. The van der Waals surface area contributed by atoms with Gasteiger partial charge in [0, 0.05) is 22.6 Å². The molecular weight excluding hydrogens is 400 g/mol. The lowest BCUT2D eigenvalue weighted by Crippen LogP contribution is -2.07. The highest BCUT2D eigenvalue weighted by atomic mass is 16.1. The quantitative estimate of drug-likeness (QED) is 0.317. The maximum absolute atomic E-state index is 11.5. The van der Waals surface area contributed by atoms with Crippen molar-refractivity contribution >= 4 is 40.7 Å². The summed E-state index contributed by atoms with van der Waals surface area (Å²) in [5.41, 5.74) is 5.51. The number of Topliss-reactive ketones (excluding diaryl/α,β-unsaturated/α-hetero) is 1. The van der Waals surface area contributed by atoms with Gasteiger partial charge in [-0.1, -0.05) is 35.4 Å². The fourth-order valence-corrected chi connectivity index (χ4v) is 2.99. The third kappa shape index (κ3) is 5.46.